The first-order valence-corrected chi connectivity index (χ1v) is 7.36. The molecule has 0 aromatic carbocycles. The van der Waals surface area contributed by atoms with Crippen LogP contribution < -0.4 is 5.32 Å². The fraction of sp³-hybridized carbons (Fsp3) is 0.600. The lowest BCUT2D eigenvalue weighted by atomic mass is 9.96. The quantitative estimate of drug-likeness (QED) is 0.894. The number of carbonyl (C=O) groups excluding carboxylic acids is 1. The maximum Gasteiger partial charge on any atom is 0.339 e. The fourth-order valence-corrected chi connectivity index (χ4v) is 2.70. The number of hydrogen-bond donors (Lipinski definition) is 2. The molecule has 2 amide bonds. The number of aryl methyl sites for hydroxylation is 1. The molecule has 0 saturated carbocycles. The number of amides is 2. The zero-order valence-corrected chi connectivity index (χ0v) is 12.5. The molecule has 6 heteroatoms. The summed E-state index contributed by atoms with van der Waals surface area (Å²) >= 11 is 0. The number of nitrogens with one attached hydrogen (secondary N) is 1. The SMILES string of the molecule is CCC1CCCN(C(=O)NCc2cc(C(=O)O)c(C)o2)C1. The highest BCUT2D eigenvalue weighted by atomic mass is 16.4. The largest absolute Gasteiger partial charge is 0.478 e. The van der Waals surface area contributed by atoms with E-state index in [4.69, 9.17) is 9.52 Å². The summed E-state index contributed by atoms with van der Waals surface area (Å²) in [5, 5.41) is 11.8. The number of rotatable bonds is 4. The van der Waals surface area contributed by atoms with E-state index >= 15 is 0 Å². The molecule has 6 nitrogen and oxygen atoms in total. The summed E-state index contributed by atoms with van der Waals surface area (Å²) in [6.07, 6.45) is 3.30. The Morgan fingerprint density at radius 3 is 2.90 bits per heavy atom. The molecule has 1 aromatic rings. The number of aromatic carboxylic acids is 1. The van der Waals surface area contributed by atoms with Gasteiger partial charge in [-0.3, -0.25) is 0 Å². The maximum atomic E-state index is 12.1. The van der Waals surface area contributed by atoms with Crippen LogP contribution in [0.5, 0.6) is 0 Å². The molecule has 1 atom stereocenters. The van der Waals surface area contributed by atoms with E-state index in [0.29, 0.717) is 17.4 Å². The Hall–Kier alpha value is -1.98. The number of carbonyl (C=O) groups is 2. The fourth-order valence-electron chi connectivity index (χ4n) is 2.70. The van der Waals surface area contributed by atoms with Gasteiger partial charge in [0.25, 0.3) is 0 Å². The first kappa shape index (κ1) is 15.4. The predicted molar refractivity (Wildman–Crippen MR) is 77.2 cm³/mol. The van der Waals surface area contributed by atoms with Gasteiger partial charge in [-0.2, -0.15) is 0 Å². The van der Waals surface area contributed by atoms with Gasteiger partial charge in [-0.05, 0) is 31.7 Å². The predicted octanol–water partition coefficient (Wildman–Crippen LogP) is 2.62. The number of carboxylic acid groups (broad SMARTS) is 1. The molecule has 1 aromatic heterocycles. The van der Waals surface area contributed by atoms with Crippen LogP contribution in [0, 0.1) is 12.8 Å². The molecule has 0 aliphatic carbocycles. The molecule has 116 valence electrons. The van der Waals surface area contributed by atoms with Crippen LogP contribution in [0.25, 0.3) is 0 Å². The molecule has 2 N–H and O–H groups in total. The molecular weight excluding hydrogens is 272 g/mol. The summed E-state index contributed by atoms with van der Waals surface area (Å²) < 4.78 is 5.34. The van der Waals surface area contributed by atoms with Crippen LogP contribution in [0.4, 0.5) is 4.79 Å². The Kier molecular flexibility index (Phi) is 4.88. The van der Waals surface area contributed by atoms with Crippen LogP contribution in [0.3, 0.4) is 0 Å². The van der Waals surface area contributed by atoms with E-state index in [9.17, 15) is 9.59 Å². The van der Waals surface area contributed by atoms with Crippen molar-refractivity contribution in [3.63, 3.8) is 0 Å². The third-order valence-electron chi connectivity index (χ3n) is 4.00. The van der Waals surface area contributed by atoms with Crippen LogP contribution >= 0.6 is 0 Å². The summed E-state index contributed by atoms with van der Waals surface area (Å²) in [6.45, 7) is 5.52. The van der Waals surface area contributed by atoms with Crippen molar-refractivity contribution in [2.75, 3.05) is 13.1 Å². The molecule has 0 bridgehead atoms. The van der Waals surface area contributed by atoms with Gasteiger partial charge >= 0.3 is 12.0 Å². The number of urea groups is 1. The Labute approximate surface area is 124 Å². The van der Waals surface area contributed by atoms with Crippen molar-refractivity contribution < 1.29 is 19.1 Å². The molecule has 1 unspecified atom stereocenters. The Balaban J connectivity index is 1.89. The number of furan rings is 1. The minimum absolute atomic E-state index is 0.112. The van der Waals surface area contributed by atoms with Crippen molar-refractivity contribution in [1.82, 2.24) is 10.2 Å². The summed E-state index contributed by atoms with van der Waals surface area (Å²) in [6, 6.07) is 1.35. The highest BCUT2D eigenvalue weighted by Gasteiger charge is 2.22. The normalized spacial score (nSPS) is 18.6. The maximum absolute atomic E-state index is 12.1. The minimum Gasteiger partial charge on any atom is -0.478 e. The molecule has 0 spiro atoms. The summed E-state index contributed by atoms with van der Waals surface area (Å²) in [4.78, 5) is 24.9. The Morgan fingerprint density at radius 2 is 2.29 bits per heavy atom. The number of likely N-dealkylation sites (tertiary alicyclic amines) is 1. The second kappa shape index (κ2) is 6.65. The summed E-state index contributed by atoms with van der Waals surface area (Å²) in [7, 11) is 0. The lowest BCUT2D eigenvalue weighted by Gasteiger charge is -2.32. The van der Waals surface area contributed by atoms with E-state index in [0.717, 1.165) is 25.9 Å². The van der Waals surface area contributed by atoms with Gasteiger partial charge in [0.1, 0.15) is 17.1 Å². The van der Waals surface area contributed by atoms with Crippen molar-refractivity contribution in [1.29, 1.82) is 0 Å². The van der Waals surface area contributed by atoms with E-state index in [1.54, 1.807) is 6.92 Å². The standard InChI is InChI=1S/C15H22N2O4/c1-3-11-5-4-6-17(9-11)15(20)16-8-12-7-13(14(18)19)10(2)21-12/h7,11H,3-6,8-9H2,1-2H3,(H,16,20)(H,18,19). The highest BCUT2D eigenvalue weighted by molar-refractivity contribution is 5.88. The topological polar surface area (TPSA) is 82.8 Å². The first-order valence-electron chi connectivity index (χ1n) is 7.36. The van der Waals surface area contributed by atoms with Crippen molar-refractivity contribution in [2.45, 2.75) is 39.7 Å². The van der Waals surface area contributed by atoms with Gasteiger partial charge in [0.15, 0.2) is 0 Å². The molecule has 0 radical (unpaired) electrons. The zero-order chi connectivity index (χ0) is 15.4. The monoisotopic (exact) mass is 294 g/mol. The Bertz CT molecular complexity index is 524. The van der Waals surface area contributed by atoms with Crippen LogP contribution in [-0.2, 0) is 6.54 Å². The average Bonchev–Trinajstić information content (AvgIpc) is 2.86. The second-order valence-electron chi connectivity index (χ2n) is 5.51. The third-order valence-corrected chi connectivity index (χ3v) is 4.00. The number of nitrogens with zero attached hydrogens (tertiary/aromatic N) is 1. The van der Waals surface area contributed by atoms with Crippen molar-refractivity contribution in [3.05, 3.63) is 23.2 Å². The van der Waals surface area contributed by atoms with Gasteiger partial charge in [0, 0.05) is 13.1 Å². The number of hydrogen-bond acceptors (Lipinski definition) is 3. The highest BCUT2D eigenvalue weighted by Crippen LogP contribution is 2.19. The molecule has 1 aliphatic heterocycles. The summed E-state index contributed by atoms with van der Waals surface area (Å²) in [5.41, 5.74) is 0.142. The van der Waals surface area contributed by atoms with Crippen LogP contribution in [-0.4, -0.2) is 35.1 Å². The van der Waals surface area contributed by atoms with E-state index in [2.05, 4.69) is 12.2 Å². The molecule has 1 aliphatic rings. The van der Waals surface area contributed by atoms with Crippen LogP contribution in [0.1, 0.15) is 48.1 Å². The number of piperidine rings is 1. The smallest absolute Gasteiger partial charge is 0.339 e. The first-order chi connectivity index (χ1) is 10.0. The van der Waals surface area contributed by atoms with Gasteiger partial charge in [0.05, 0.1) is 6.54 Å². The average molecular weight is 294 g/mol. The molecule has 2 heterocycles. The van der Waals surface area contributed by atoms with E-state index in [1.807, 2.05) is 4.90 Å². The van der Waals surface area contributed by atoms with Crippen molar-refractivity contribution >= 4 is 12.0 Å². The van der Waals surface area contributed by atoms with E-state index in [-0.39, 0.29) is 18.1 Å². The van der Waals surface area contributed by atoms with Crippen LogP contribution in [0.2, 0.25) is 0 Å². The van der Waals surface area contributed by atoms with Gasteiger partial charge in [-0.1, -0.05) is 13.3 Å². The van der Waals surface area contributed by atoms with Crippen LogP contribution in [0.15, 0.2) is 10.5 Å². The number of carboxylic acids is 1. The van der Waals surface area contributed by atoms with E-state index < -0.39 is 5.97 Å². The van der Waals surface area contributed by atoms with Gasteiger partial charge in [-0.25, -0.2) is 9.59 Å². The lowest BCUT2D eigenvalue weighted by molar-refractivity contribution is 0.0695. The van der Waals surface area contributed by atoms with Gasteiger partial charge < -0.3 is 19.7 Å². The minimum atomic E-state index is -1.02. The molecular formula is C15H22N2O4. The van der Waals surface area contributed by atoms with Crippen molar-refractivity contribution in [2.24, 2.45) is 5.92 Å². The Morgan fingerprint density at radius 1 is 1.52 bits per heavy atom. The third kappa shape index (κ3) is 3.77. The lowest BCUT2D eigenvalue weighted by Crippen LogP contribution is -2.45. The van der Waals surface area contributed by atoms with Crippen molar-refractivity contribution in [3.8, 4) is 0 Å². The molecule has 1 saturated heterocycles. The molecule has 2 rings (SSSR count). The van der Waals surface area contributed by atoms with E-state index in [1.165, 1.54) is 12.5 Å². The van der Waals surface area contributed by atoms with Gasteiger partial charge in [-0.15, -0.1) is 0 Å². The zero-order valence-electron chi connectivity index (χ0n) is 12.5. The summed E-state index contributed by atoms with van der Waals surface area (Å²) in [5.74, 6) is 0.377. The second-order valence-corrected chi connectivity index (χ2v) is 5.51. The van der Waals surface area contributed by atoms with Gasteiger partial charge in [0.2, 0.25) is 0 Å². The molecule has 21 heavy (non-hydrogen) atoms. The molecule has 1 fully saturated rings.